The van der Waals surface area contributed by atoms with Crippen molar-refractivity contribution in [2.75, 3.05) is 68.7 Å². The van der Waals surface area contributed by atoms with Gasteiger partial charge in [-0.05, 0) is 93.0 Å². The highest BCUT2D eigenvalue weighted by Gasteiger charge is 2.54. The minimum Gasteiger partial charge on any atom is -0.495 e. The molecule has 2 N–H and O–H groups in total. The molecule has 8 heteroatoms. The highest BCUT2D eigenvalue weighted by molar-refractivity contribution is 6.03. The third-order valence-electron chi connectivity index (χ3n) is 9.88. The molecule has 8 nitrogen and oxygen atoms in total. The molecule has 220 valence electrons. The van der Waals surface area contributed by atoms with Gasteiger partial charge in [-0.15, -0.1) is 0 Å². The molecule has 1 aliphatic heterocycles. The lowest BCUT2D eigenvalue weighted by Gasteiger charge is -2.55. The number of nitrogens with zero attached hydrogens (tertiary/aromatic N) is 2. The first-order valence-corrected chi connectivity index (χ1v) is 15.3. The van der Waals surface area contributed by atoms with E-state index in [0.29, 0.717) is 42.2 Å². The second kappa shape index (κ2) is 11.9. The summed E-state index contributed by atoms with van der Waals surface area (Å²) in [4.78, 5) is 31.8. The minimum absolute atomic E-state index is 0.117. The zero-order valence-corrected chi connectivity index (χ0v) is 24.5. The summed E-state index contributed by atoms with van der Waals surface area (Å²) in [6.45, 7) is 4.33. The molecule has 0 radical (unpaired) electrons. The van der Waals surface area contributed by atoms with E-state index in [1.54, 1.807) is 14.2 Å². The zero-order chi connectivity index (χ0) is 28.4. The second-order valence-electron chi connectivity index (χ2n) is 12.6. The Bertz CT molecular complexity index is 1220. The Labute approximate surface area is 243 Å². The summed E-state index contributed by atoms with van der Waals surface area (Å²) >= 11 is 0. The normalized spacial score (nSPS) is 26.6. The van der Waals surface area contributed by atoms with Crippen molar-refractivity contribution in [3.63, 3.8) is 0 Å². The van der Waals surface area contributed by atoms with Crippen LogP contribution in [0.2, 0.25) is 0 Å². The van der Waals surface area contributed by atoms with E-state index in [2.05, 4.69) is 26.5 Å². The third-order valence-corrected chi connectivity index (χ3v) is 9.88. The number of carbonyl (C=O) groups is 2. The number of rotatable bonds is 10. The van der Waals surface area contributed by atoms with E-state index in [4.69, 9.17) is 9.47 Å². The van der Waals surface area contributed by atoms with Gasteiger partial charge in [0.1, 0.15) is 5.75 Å². The van der Waals surface area contributed by atoms with Crippen molar-refractivity contribution in [3.05, 3.63) is 48.0 Å². The average Bonchev–Trinajstić information content (AvgIpc) is 2.98. The van der Waals surface area contributed by atoms with Gasteiger partial charge in [0.25, 0.3) is 5.91 Å². The SMILES string of the molecule is COCCCNC(=O)c1cc(NC(=O)C23CC4CC(CC(C4)C2)C3)ccc1N1CCN(c2ccccc2OC)CC1. The molecule has 0 aromatic heterocycles. The van der Waals surface area contributed by atoms with Gasteiger partial charge in [-0.2, -0.15) is 0 Å². The highest BCUT2D eigenvalue weighted by atomic mass is 16.5. The summed E-state index contributed by atoms with van der Waals surface area (Å²) in [6, 6.07) is 14.0. The summed E-state index contributed by atoms with van der Waals surface area (Å²) in [6.07, 6.45) is 7.72. The van der Waals surface area contributed by atoms with Crippen LogP contribution in [0.3, 0.4) is 0 Å². The number of carbonyl (C=O) groups excluding carboxylic acids is 2. The van der Waals surface area contributed by atoms with Gasteiger partial charge in [-0.25, -0.2) is 0 Å². The molecule has 0 unspecified atom stereocenters. The van der Waals surface area contributed by atoms with Crippen LogP contribution in [0.4, 0.5) is 17.1 Å². The van der Waals surface area contributed by atoms with Gasteiger partial charge in [-0.3, -0.25) is 9.59 Å². The first-order chi connectivity index (χ1) is 20.0. The zero-order valence-electron chi connectivity index (χ0n) is 24.5. The number of hydrogen-bond donors (Lipinski definition) is 2. The monoisotopic (exact) mass is 560 g/mol. The number of ether oxygens (including phenoxy) is 2. The summed E-state index contributed by atoms with van der Waals surface area (Å²) in [5.74, 6) is 3.03. The molecule has 1 heterocycles. The van der Waals surface area contributed by atoms with Crippen LogP contribution in [0.5, 0.6) is 5.75 Å². The van der Waals surface area contributed by atoms with Crippen molar-refractivity contribution in [2.45, 2.75) is 44.9 Å². The van der Waals surface area contributed by atoms with E-state index >= 15 is 0 Å². The number of benzene rings is 2. The standard InChI is InChI=1S/C33H44N4O4/c1-40-15-5-10-34-31(38)27-19-26(35-32(39)33-20-23-16-24(21-33)18-25(17-23)22-33)8-9-28(27)36-11-13-37(14-12-36)29-6-3-4-7-30(29)41-2/h3-4,6-9,19,23-25H,5,10-18,20-22H2,1-2H3,(H,34,38)(H,35,39). The first kappa shape index (κ1) is 27.9. The van der Waals surface area contributed by atoms with Crippen LogP contribution in [-0.2, 0) is 9.53 Å². The van der Waals surface area contributed by atoms with E-state index in [1.807, 2.05) is 36.4 Å². The number of amides is 2. The fourth-order valence-electron chi connectivity index (χ4n) is 8.32. The maximum absolute atomic E-state index is 13.7. The number of anilines is 3. The molecule has 4 saturated carbocycles. The van der Waals surface area contributed by atoms with E-state index in [0.717, 1.165) is 69.0 Å². The smallest absolute Gasteiger partial charge is 0.253 e. The maximum Gasteiger partial charge on any atom is 0.253 e. The Kier molecular flexibility index (Phi) is 8.11. The predicted octanol–water partition coefficient (Wildman–Crippen LogP) is 4.94. The maximum atomic E-state index is 13.7. The van der Waals surface area contributed by atoms with Gasteiger partial charge in [0.05, 0.1) is 23.8 Å². The highest BCUT2D eigenvalue weighted by Crippen LogP contribution is 2.60. The quantitative estimate of drug-likeness (QED) is 0.401. The minimum atomic E-state index is -0.231. The van der Waals surface area contributed by atoms with Gasteiger partial charge in [-0.1, -0.05) is 12.1 Å². The van der Waals surface area contributed by atoms with Gasteiger partial charge in [0, 0.05) is 57.8 Å². The van der Waals surface area contributed by atoms with Crippen LogP contribution in [0.1, 0.15) is 55.3 Å². The lowest BCUT2D eigenvalue weighted by atomic mass is 9.49. The Morgan fingerprint density at radius 2 is 1.51 bits per heavy atom. The Morgan fingerprint density at radius 1 is 0.878 bits per heavy atom. The molecular weight excluding hydrogens is 516 g/mol. The Morgan fingerprint density at radius 3 is 2.15 bits per heavy atom. The molecule has 1 saturated heterocycles. The van der Waals surface area contributed by atoms with Crippen molar-refractivity contribution in [2.24, 2.45) is 23.2 Å². The largest absolute Gasteiger partial charge is 0.495 e. The third kappa shape index (κ3) is 5.76. The lowest BCUT2D eigenvalue weighted by Crippen LogP contribution is -2.51. The van der Waals surface area contributed by atoms with Gasteiger partial charge in [0.15, 0.2) is 0 Å². The Balaban J connectivity index is 1.19. The molecular formula is C33H44N4O4. The fourth-order valence-corrected chi connectivity index (χ4v) is 8.32. The van der Waals surface area contributed by atoms with E-state index < -0.39 is 0 Å². The van der Waals surface area contributed by atoms with Crippen molar-refractivity contribution >= 4 is 28.9 Å². The van der Waals surface area contributed by atoms with E-state index in [9.17, 15) is 9.59 Å². The number of hydrogen-bond acceptors (Lipinski definition) is 6. The number of piperazine rings is 1. The van der Waals surface area contributed by atoms with Crippen molar-refractivity contribution < 1.29 is 19.1 Å². The summed E-state index contributed by atoms with van der Waals surface area (Å²) in [5, 5.41) is 6.33. The first-order valence-electron chi connectivity index (χ1n) is 15.3. The molecule has 4 bridgehead atoms. The van der Waals surface area contributed by atoms with E-state index in [-0.39, 0.29) is 17.2 Å². The molecule has 2 aromatic carbocycles. The van der Waals surface area contributed by atoms with Crippen molar-refractivity contribution in [1.82, 2.24) is 5.32 Å². The molecule has 7 rings (SSSR count). The molecule has 4 aliphatic carbocycles. The number of methoxy groups -OCH3 is 2. The van der Waals surface area contributed by atoms with Crippen LogP contribution < -0.4 is 25.2 Å². The topological polar surface area (TPSA) is 83.1 Å². The lowest BCUT2D eigenvalue weighted by molar-refractivity contribution is -0.140. The van der Waals surface area contributed by atoms with Gasteiger partial charge < -0.3 is 29.9 Å². The van der Waals surface area contributed by atoms with Crippen molar-refractivity contribution in [3.8, 4) is 5.75 Å². The van der Waals surface area contributed by atoms with Crippen LogP contribution in [0.15, 0.2) is 42.5 Å². The molecule has 0 atom stereocenters. The summed E-state index contributed by atoms with van der Waals surface area (Å²) < 4.78 is 10.7. The molecule has 5 aliphatic rings. The van der Waals surface area contributed by atoms with Crippen LogP contribution >= 0.6 is 0 Å². The second-order valence-corrected chi connectivity index (χ2v) is 12.6. The van der Waals surface area contributed by atoms with E-state index in [1.165, 1.54) is 19.3 Å². The molecule has 2 amide bonds. The van der Waals surface area contributed by atoms with Crippen molar-refractivity contribution in [1.29, 1.82) is 0 Å². The molecule has 5 fully saturated rings. The summed E-state index contributed by atoms with van der Waals surface area (Å²) in [7, 11) is 3.37. The molecule has 2 aromatic rings. The number of nitrogens with one attached hydrogen (secondary N) is 2. The molecule has 41 heavy (non-hydrogen) atoms. The number of para-hydroxylation sites is 2. The van der Waals surface area contributed by atoms with Crippen LogP contribution in [0, 0.1) is 23.2 Å². The van der Waals surface area contributed by atoms with Gasteiger partial charge in [0.2, 0.25) is 5.91 Å². The summed E-state index contributed by atoms with van der Waals surface area (Å²) in [5.41, 5.74) is 3.08. The fraction of sp³-hybridized carbons (Fsp3) is 0.576. The molecule has 0 spiro atoms. The Hall–Kier alpha value is -3.26. The predicted molar refractivity (Wildman–Crippen MR) is 162 cm³/mol. The van der Waals surface area contributed by atoms with Crippen LogP contribution in [-0.4, -0.2) is 65.4 Å². The van der Waals surface area contributed by atoms with Gasteiger partial charge >= 0.3 is 0 Å². The average molecular weight is 561 g/mol. The van der Waals surface area contributed by atoms with Crippen LogP contribution in [0.25, 0.3) is 0 Å².